The zero-order valence-electron chi connectivity index (χ0n) is 11.6. The van der Waals surface area contributed by atoms with E-state index < -0.39 is 0 Å². The molecule has 1 aromatic rings. The van der Waals surface area contributed by atoms with E-state index in [0.717, 1.165) is 12.0 Å². The zero-order valence-corrected chi connectivity index (χ0v) is 12.4. The molecule has 0 aliphatic rings. The van der Waals surface area contributed by atoms with Gasteiger partial charge in [-0.05, 0) is 37.0 Å². The van der Waals surface area contributed by atoms with Crippen molar-refractivity contribution in [1.29, 1.82) is 0 Å². The minimum atomic E-state index is 0.0580. The number of nitrogens with zero attached hydrogens (tertiary/aromatic N) is 1. The van der Waals surface area contributed by atoms with Crippen LogP contribution < -0.4 is 0 Å². The lowest BCUT2D eigenvalue weighted by molar-refractivity contribution is 0.0793. The van der Waals surface area contributed by atoms with Crippen LogP contribution in [0.4, 0.5) is 0 Å². The Kier molecular flexibility index (Phi) is 5.67. The number of halogens is 1. The molecule has 0 spiro atoms. The van der Waals surface area contributed by atoms with Crippen LogP contribution in [0.2, 0.25) is 0 Å². The molecule has 3 heteroatoms. The van der Waals surface area contributed by atoms with Gasteiger partial charge in [0.25, 0.3) is 5.91 Å². The third kappa shape index (κ3) is 4.34. The normalized spacial score (nSPS) is 12.6. The molecule has 0 saturated heterocycles. The molecule has 0 aliphatic carbocycles. The molecule has 1 rings (SSSR count). The summed E-state index contributed by atoms with van der Waals surface area (Å²) in [5, 5.41) is 0.101. The van der Waals surface area contributed by atoms with Crippen molar-refractivity contribution in [3.8, 4) is 0 Å². The molecule has 1 aromatic carbocycles. The van der Waals surface area contributed by atoms with Crippen molar-refractivity contribution in [2.45, 2.75) is 38.5 Å². The number of hydrogen-bond acceptors (Lipinski definition) is 1. The molecule has 1 unspecified atom stereocenters. The molecular weight excluding hydrogens is 246 g/mol. The number of amides is 1. The molecule has 2 nitrogen and oxygen atoms in total. The number of carbonyl (C=O) groups excluding carboxylic acids is 1. The Balaban J connectivity index is 2.66. The molecule has 0 aromatic heterocycles. The highest BCUT2D eigenvalue weighted by molar-refractivity contribution is 6.20. The van der Waals surface area contributed by atoms with Gasteiger partial charge in [0.05, 0.1) is 0 Å². The summed E-state index contributed by atoms with van der Waals surface area (Å²) >= 11 is 5.89. The number of carbonyl (C=O) groups is 1. The highest BCUT2D eigenvalue weighted by atomic mass is 35.5. The fourth-order valence-electron chi connectivity index (χ4n) is 1.70. The molecule has 18 heavy (non-hydrogen) atoms. The summed E-state index contributed by atoms with van der Waals surface area (Å²) < 4.78 is 0. The molecule has 0 bridgehead atoms. The van der Waals surface area contributed by atoms with E-state index in [1.54, 1.807) is 4.90 Å². The predicted molar refractivity (Wildman–Crippen MR) is 77.4 cm³/mol. The molecule has 0 fully saturated rings. The maximum atomic E-state index is 12.1. The maximum Gasteiger partial charge on any atom is 0.253 e. The Labute approximate surface area is 115 Å². The molecule has 0 saturated carbocycles. The first-order chi connectivity index (χ1) is 8.41. The third-order valence-corrected chi connectivity index (χ3v) is 3.25. The molecular formula is C15H22ClNO. The summed E-state index contributed by atoms with van der Waals surface area (Å²) in [6.07, 6.45) is 0.813. The molecule has 0 aliphatic heterocycles. The van der Waals surface area contributed by atoms with Gasteiger partial charge in [0.2, 0.25) is 0 Å². The van der Waals surface area contributed by atoms with Gasteiger partial charge in [0.15, 0.2) is 0 Å². The lowest BCUT2D eigenvalue weighted by Crippen LogP contribution is -2.28. The van der Waals surface area contributed by atoms with Crippen LogP contribution in [0, 0.1) is 0 Å². The van der Waals surface area contributed by atoms with Crippen molar-refractivity contribution in [1.82, 2.24) is 4.90 Å². The second kappa shape index (κ2) is 6.79. The molecule has 1 atom stereocenters. The zero-order chi connectivity index (χ0) is 13.7. The Morgan fingerprint density at radius 3 is 2.22 bits per heavy atom. The van der Waals surface area contributed by atoms with Crippen LogP contribution >= 0.6 is 11.6 Å². The van der Waals surface area contributed by atoms with Crippen LogP contribution in [0.3, 0.4) is 0 Å². The van der Waals surface area contributed by atoms with Gasteiger partial charge >= 0.3 is 0 Å². The second-order valence-corrected chi connectivity index (χ2v) is 5.82. The summed E-state index contributed by atoms with van der Waals surface area (Å²) in [6, 6.07) is 7.85. The van der Waals surface area contributed by atoms with Crippen molar-refractivity contribution in [3.63, 3.8) is 0 Å². The fourth-order valence-corrected chi connectivity index (χ4v) is 1.80. The summed E-state index contributed by atoms with van der Waals surface area (Å²) in [5.41, 5.74) is 1.99. The van der Waals surface area contributed by atoms with Gasteiger partial charge in [-0.3, -0.25) is 4.79 Å². The van der Waals surface area contributed by atoms with E-state index in [1.807, 2.05) is 38.2 Å². The third-order valence-electron chi connectivity index (χ3n) is 3.03. The number of hydrogen-bond donors (Lipinski definition) is 0. The Morgan fingerprint density at radius 2 is 1.78 bits per heavy atom. The van der Waals surface area contributed by atoms with Crippen LogP contribution in [0.1, 0.15) is 49.0 Å². The van der Waals surface area contributed by atoms with Gasteiger partial charge < -0.3 is 4.90 Å². The quantitative estimate of drug-likeness (QED) is 0.741. The van der Waals surface area contributed by atoms with Crippen LogP contribution in [-0.4, -0.2) is 29.8 Å². The summed E-state index contributed by atoms with van der Waals surface area (Å²) in [5.74, 6) is 0.548. The molecule has 100 valence electrons. The Bertz CT molecular complexity index is 384. The van der Waals surface area contributed by atoms with Crippen LogP contribution in [0.5, 0.6) is 0 Å². The lowest BCUT2D eigenvalue weighted by Gasteiger charge is -2.18. The van der Waals surface area contributed by atoms with Crippen molar-refractivity contribution >= 4 is 17.5 Å². The summed E-state index contributed by atoms with van der Waals surface area (Å²) in [6.45, 7) is 6.92. The van der Waals surface area contributed by atoms with E-state index in [-0.39, 0.29) is 11.3 Å². The summed E-state index contributed by atoms with van der Waals surface area (Å²) in [7, 11) is 1.82. The first-order valence-electron chi connectivity index (χ1n) is 6.41. The molecule has 0 radical (unpaired) electrons. The molecule has 0 heterocycles. The maximum absolute atomic E-state index is 12.1. The van der Waals surface area contributed by atoms with E-state index in [9.17, 15) is 4.79 Å². The standard InChI is InChI=1S/C15H22ClNO/c1-11(2)13-5-7-14(8-6-13)15(18)17(4)10-9-12(3)16/h5-8,11-12H,9-10H2,1-4H3. The highest BCUT2D eigenvalue weighted by Gasteiger charge is 2.12. The first kappa shape index (κ1) is 15.0. The van der Waals surface area contributed by atoms with Gasteiger partial charge in [0, 0.05) is 24.5 Å². The molecule has 1 amide bonds. The van der Waals surface area contributed by atoms with Crippen molar-refractivity contribution < 1.29 is 4.79 Å². The number of rotatable bonds is 5. The topological polar surface area (TPSA) is 20.3 Å². The van der Waals surface area contributed by atoms with Crippen LogP contribution in [0.25, 0.3) is 0 Å². The van der Waals surface area contributed by atoms with E-state index in [0.29, 0.717) is 12.5 Å². The smallest absolute Gasteiger partial charge is 0.253 e. The van der Waals surface area contributed by atoms with E-state index >= 15 is 0 Å². The van der Waals surface area contributed by atoms with Crippen LogP contribution in [0.15, 0.2) is 24.3 Å². The van der Waals surface area contributed by atoms with Crippen molar-refractivity contribution in [3.05, 3.63) is 35.4 Å². The number of benzene rings is 1. The lowest BCUT2D eigenvalue weighted by atomic mass is 10.0. The SMILES string of the molecule is CC(Cl)CCN(C)C(=O)c1ccc(C(C)C)cc1. The predicted octanol–water partition coefficient (Wildman–Crippen LogP) is 3.90. The van der Waals surface area contributed by atoms with Gasteiger partial charge in [-0.1, -0.05) is 26.0 Å². The van der Waals surface area contributed by atoms with Crippen LogP contribution in [-0.2, 0) is 0 Å². The average Bonchev–Trinajstić information content (AvgIpc) is 2.35. The highest BCUT2D eigenvalue weighted by Crippen LogP contribution is 2.15. The van der Waals surface area contributed by atoms with Crippen molar-refractivity contribution in [2.75, 3.05) is 13.6 Å². The van der Waals surface area contributed by atoms with Gasteiger partial charge in [-0.25, -0.2) is 0 Å². The van der Waals surface area contributed by atoms with E-state index in [4.69, 9.17) is 11.6 Å². The van der Waals surface area contributed by atoms with Gasteiger partial charge in [0.1, 0.15) is 0 Å². The first-order valence-corrected chi connectivity index (χ1v) is 6.85. The van der Waals surface area contributed by atoms with Gasteiger partial charge in [-0.2, -0.15) is 0 Å². The minimum absolute atomic E-state index is 0.0580. The fraction of sp³-hybridized carbons (Fsp3) is 0.533. The number of alkyl halides is 1. The molecule has 0 N–H and O–H groups in total. The van der Waals surface area contributed by atoms with E-state index in [1.165, 1.54) is 5.56 Å². The van der Waals surface area contributed by atoms with E-state index in [2.05, 4.69) is 13.8 Å². The largest absolute Gasteiger partial charge is 0.342 e. The Hall–Kier alpha value is -1.02. The minimum Gasteiger partial charge on any atom is -0.342 e. The summed E-state index contributed by atoms with van der Waals surface area (Å²) in [4.78, 5) is 13.8. The van der Waals surface area contributed by atoms with Gasteiger partial charge in [-0.15, -0.1) is 11.6 Å². The second-order valence-electron chi connectivity index (χ2n) is 5.07. The van der Waals surface area contributed by atoms with Crippen molar-refractivity contribution in [2.24, 2.45) is 0 Å². The Morgan fingerprint density at radius 1 is 1.22 bits per heavy atom. The average molecular weight is 268 g/mol. The monoisotopic (exact) mass is 267 g/mol.